The molecule has 0 unspecified atom stereocenters. The number of Topliss-reactive ketones (excluding diaryl/α,β-unsaturated/α-hetero) is 1. The predicted octanol–water partition coefficient (Wildman–Crippen LogP) is 7.60. The lowest BCUT2D eigenvalue weighted by Gasteiger charge is -2.10. The molecule has 41 heavy (non-hydrogen) atoms. The third kappa shape index (κ3) is 10.6. The van der Waals surface area contributed by atoms with E-state index in [9.17, 15) is 19.2 Å². The van der Waals surface area contributed by atoms with Crippen molar-refractivity contribution in [2.45, 2.75) is 65.2 Å². The third-order valence-electron chi connectivity index (χ3n) is 6.29. The number of carbonyl (C=O) groups is 4. The fourth-order valence-corrected chi connectivity index (χ4v) is 4.37. The molecule has 0 saturated heterocycles. The lowest BCUT2D eigenvalue weighted by molar-refractivity contribution is -0.135. The van der Waals surface area contributed by atoms with Gasteiger partial charge in [-0.05, 0) is 91.9 Å². The van der Waals surface area contributed by atoms with Gasteiger partial charge in [0.2, 0.25) is 0 Å². The van der Waals surface area contributed by atoms with Gasteiger partial charge >= 0.3 is 17.9 Å². The summed E-state index contributed by atoms with van der Waals surface area (Å²) in [6.45, 7) is 3.80. The Kier molecular flexibility index (Phi) is 12.8. The largest absolute Gasteiger partial charge is 0.427 e. The zero-order chi connectivity index (χ0) is 29.6. The molecule has 0 heterocycles. The number of ether oxygens (including phenoxy) is 3. The average molecular weight is 624 g/mol. The lowest BCUT2D eigenvalue weighted by Crippen LogP contribution is -2.11. The number of ketones is 1. The molecule has 0 fully saturated rings. The van der Waals surface area contributed by atoms with E-state index in [1.54, 1.807) is 67.6 Å². The van der Waals surface area contributed by atoms with E-state index < -0.39 is 5.97 Å². The molecule has 0 aliphatic carbocycles. The van der Waals surface area contributed by atoms with E-state index in [2.05, 4.69) is 15.9 Å². The van der Waals surface area contributed by atoms with Crippen LogP contribution in [0.5, 0.6) is 17.2 Å². The van der Waals surface area contributed by atoms with Crippen molar-refractivity contribution in [1.82, 2.24) is 0 Å². The summed E-state index contributed by atoms with van der Waals surface area (Å²) < 4.78 is 16.2. The fraction of sp³-hybridized carbons (Fsp3) is 0.333. The molecule has 8 heteroatoms. The van der Waals surface area contributed by atoms with Crippen molar-refractivity contribution in [2.24, 2.45) is 0 Å². The van der Waals surface area contributed by atoms with Crippen LogP contribution in [0.4, 0.5) is 0 Å². The van der Waals surface area contributed by atoms with E-state index in [1.807, 2.05) is 13.0 Å². The van der Waals surface area contributed by atoms with Gasteiger partial charge in [0, 0.05) is 30.2 Å². The number of benzene rings is 3. The zero-order valence-electron chi connectivity index (χ0n) is 23.5. The Bertz CT molecular complexity index is 1330. The normalized spacial score (nSPS) is 10.6. The van der Waals surface area contributed by atoms with Gasteiger partial charge in [-0.15, -0.1) is 0 Å². The summed E-state index contributed by atoms with van der Waals surface area (Å²) >= 11 is 3.37. The van der Waals surface area contributed by atoms with Crippen LogP contribution in [0.15, 0.2) is 66.7 Å². The van der Waals surface area contributed by atoms with Crippen molar-refractivity contribution in [1.29, 1.82) is 0 Å². The molecular weight excluding hydrogens is 588 g/mol. The first-order valence-electron chi connectivity index (χ1n) is 13.8. The molecule has 0 saturated carbocycles. The molecule has 0 atom stereocenters. The summed E-state index contributed by atoms with van der Waals surface area (Å²) in [7, 11) is 0. The van der Waals surface area contributed by atoms with Crippen LogP contribution >= 0.6 is 15.9 Å². The minimum atomic E-state index is -0.541. The number of unbranched alkanes of at least 4 members (excludes halogenated alkanes) is 3. The molecular formula is C33H35BrO7. The van der Waals surface area contributed by atoms with Gasteiger partial charge in [0.1, 0.15) is 17.2 Å². The summed E-state index contributed by atoms with van der Waals surface area (Å²) in [5, 5.41) is 0.922. The van der Waals surface area contributed by atoms with Gasteiger partial charge in [0.05, 0.1) is 5.56 Å². The van der Waals surface area contributed by atoms with Crippen LogP contribution in [0.1, 0.15) is 83.7 Å². The Labute approximate surface area is 249 Å². The third-order valence-corrected chi connectivity index (χ3v) is 6.85. The van der Waals surface area contributed by atoms with Crippen LogP contribution < -0.4 is 14.2 Å². The van der Waals surface area contributed by atoms with Gasteiger partial charge in [0.15, 0.2) is 5.78 Å². The van der Waals surface area contributed by atoms with Gasteiger partial charge in [-0.2, -0.15) is 0 Å². The average Bonchev–Trinajstić information content (AvgIpc) is 2.96. The van der Waals surface area contributed by atoms with E-state index >= 15 is 0 Å². The predicted molar refractivity (Wildman–Crippen MR) is 160 cm³/mol. The first-order chi connectivity index (χ1) is 19.8. The standard InChI is InChI=1S/C33H35BrO7/c1-3-4-8-31(36)39-28-17-13-26(14-18-28)33(38)41-30-19-10-24(21-23(30)2)22-29(35)25-11-15-27(16-12-25)40-32(37)9-6-5-7-20-34/h10-19,21H,3-9,20,22H2,1-2H3. The topological polar surface area (TPSA) is 96.0 Å². The van der Waals surface area contributed by atoms with E-state index in [0.29, 0.717) is 46.8 Å². The SMILES string of the molecule is CCCCC(=O)Oc1ccc(C(=O)Oc2ccc(CC(=O)c3ccc(OC(=O)CCCCCBr)cc3)cc2C)cc1. The molecule has 7 nitrogen and oxygen atoms in total. The van der Waals surface area contributed by atoms with Crippen molar-refractivity contribution in [3.8, 4) is 17.2 Å². The van der Waals surface area contributed by atoms with Crippen molar-refractivity contribution in [3.05, 3.63) is 89.0 Å². The minimum absolute atomic E-state index is 0.0859. The second kappa shape index (κ2) is 16.5. The second-order valence-corrected chi connectivity index (χ2v) is 10.5. The molecule has 0 aliphatic heterocycles. The molecule has 0 radical (unpaired) electrons. The highest BCUT2D eigenvalue weighted by Crippen LogP contribution is 2.23. The number of hydrogen-bond donors (Lipinski definition) is 0. The van der Waals surface area contributed by atoms with Crippen LogP contribution in [0.2, 0.25) is 0 Å². The molecule has 0 aliphatic rings. The Balaban J connectivity index is 1.52. The van der Waals surface area contributed by atoms with E-state index in [-0.39, 0.29) is 24.1 Å². The number of halogens is 1. The maximum absolute atomic E-state index is 12.8. The molecule has 0 bridgehead atoms. The second-order valence-electron chi connectivity index (χ2n) is 9.69. The highest BCUT2D eigenvalue weighted by atomic mass is 79.9. The molecule has 3 rings (SSSR count). The van der Waals surface area contributed by atoms with Crippen LogP contribution in [-0.2, 0) is 16.0 Å². The van der Waals surface area contributed by atoms with Gasteiger partial charge in [0.25, 0.3) is 0 Å². The number of esters is 3. The van der Waals surface area contributed by atoms with Gasteiger partial charge in [-0.1, -0.05) is 47.8 Å². The maximum Gasteiger partial charge on any atom is 0.343 e. The first kappa shape index (κ1) is 31.7. The number of aryl methyl sites for hydroxylation is 1. The highest BCUT2D eigenvalue weighted by Gasteiger charge is 2.14. The number of alkyl halides is 1. The molecule has 3 aromatic carbocycles. The van der Waals surface area contributed by atoms with Gasteiger partial charge < -0.3 is 14.2 Å². The van der Waals surface area contributed by atoms with Gasteiger partial charge in [-0.25, -0.2) is 4.79 Å². The molecule has 0 spiro atoms. The summed E-state index contributed by atoms with van der Waals surface area (Å²) in [6.07, 6.45) is 5.31. The molecule has 3 aromatic rings. The summed E-state index contributed by atoms with van der Waals surface area (Å²) in [5.74, 6) is -0.0366. The van der Waals surface area contributed by atoms with Crippen molar-refractivity contribution in [3.63, 3.8) is 0 Å². The highest BCUT2D eigenvalue weighted by molar-refractivity contribution is 9.09. The van der Waals surface area contributed by atoms with Crippen LogP contribution in [0, 0.1) is 6.92 Å². The number of hydrogen-bond acceptors (Lipinski definition) is 7. The Morgan fingerprint density at radius 3 is 1.83 bits per heavy atom. The summed E-state index contributed by atoms with van der Waals surface area (Å²) in [6, 6.07) is 18.0. The Hall–Kier alpha value is -3.78. The molecule has 216 valence electrons. The minimum Gasteiger partial charge on any atom is -0.427 e. The van der Waals surface area contributed by atoms with Gasteiger partial charge in [-0.3, -0.25) is 14.4 Å². The smallest absolute Gasteiger partial charge is 0.343 e. The van der Waals surface area contributed by atoms with E-state index in [0.717, 1.165) is 43.0 Å². The van der Waals surface area contributed by atoms with E-state index in [4.69, 9.17) is 14.2 Å². The van der Waals surface area contributed by atoms with Crippen molar-refractivity contribution in [2.75, 3.05) is 5.33 Å². The van der Waals surface area contributed by atoms with E-state index in [1.165, 1.54) is 0 Å². The zero-order valence-corrected chi connectivity index (χ0v) is 25.0. The van der Waals surface area contributed by atoms with Crippen molar-refractivity contribution < 1.29 is 33.4 Å². The van der Waals surface area contributed by atoms with Crippen molar-refractivity contribution >= 4 is 39.6 Å². The molecule has 0 amide bonds. The lowest BCUT2D eigenvalue weighted by atomic mass is 10.0. The van der Waals surface area contributed by atoms with Crippen LogP contribution in [-0.4, -0.2) is 29.0 Å². The quantitative estimate of drug-likeness (QED) is 0.0566. The monoisotopic (exact) mass is 622 g/mol. The first-order valence-corrected chi connectivity index (χ1v) is 14.9. The molecule has 0 aromatic heterocycles. The summed E-state index contributed by atoms with van der Waals surface area (Å²) in [5.41, 5.74) is 2.32. The number of rotatable bonds is 15. The Morgan fingerprint density at radius 1 is 0.683 bits per heavy atom. The fourth-order valence-electron chi connectivity index (χ4n) is 3.98. The van der Waals surface area contributed by atoms with Crippen LogP contribution in [0.3, 0.4) is 0 Å². The molecule has 0 N–H and O–H groups in total. The number of carbonyl (C=O) groups excluding carboxylic acids is 4. The van der Waals surface area contributed by atoms with Crippen LogP contribution in [0.25, 0.3) is 0 Å². The maximum atomic E-state index is 12.8. The Morgan fingerprint density at radius 2 is 1.27 bits per heavy atom. The summed E-state index contributed by atoms with van der Waals surface area (Å²) in [4.78, 5) is 49.2.